The molecule has 1 heterocycles. The van der Waals surface area contributed by atoms with E-state index in [0.717, 1.165) is 10.4 Å². The van der Waals surface area contributed by atoms with E-state index >= 15 is 0 Å². The maximum atomic E-state index is 11.4. The minimum atomic E-state index is 0.237. The fraction of sp³-hybridized carbons (Fsp3) is 0.889. The van der Waals surface area contributed by atoms with E-state index in [0.29, 0.717) is 11.7 Å². The van der Waals surface area contributed by atoms with Crippen LogP contribution in [0.15, 0.2) is 0 Å². The zero-order valence-corrected chi connectivity index (χ0v) is 9.04. The number of carbonyl (C=O) groups excluding carboxylic acids is 1. The Bertz CT molecular complexity index is 165. The number of carbonyl (C=O) groups is 1. The molecule has 1 nitrogen and oxygen atoms in total. The van der Waals surface area contributed by atoms with E-state index in [9.17, 15) is 4.79 Å². The van der Waals surface area contributed by atoms with Gasteiger partial charge < -0.3 is 0 Å². The van der Waals surface area contributed by atoms with Crippen molar-refractivity contribution in [3.63, 3.8) is 0 Å². The van der Waals surface area contributed by atoms with Gasteiger partial charge in [0, 0.05) is 0 Å². The summed E-state index contributed by atoms with van der Waals surface area (Å²) in [7, 11) is 0. The SMILES string of the molecule is O=C1CC[Te]C2CCCCC12. The molecule has 0 amide bonds. The number of rotatable bonds is 0. The average molecular weight is 266 g/mol. The molecule has 0 radical (unpaired) electrons. The van der Waals surface area contributed by atoms with Crippen LogP contribution >= 0.6 is 0 Å². The van der Waals surface area contributed by atoms with Gasteiger partial charge in [-0.15, -0.1) is 0 Å². The van der Waals surface area contributed by atoms with Crippen molar-refractivity contribution in [2.75, 3.05) is 0 Å². The third-order valence-electron chi connectivity index (χ3n) is 2.80. The molecule has 2 fully saturated rings. The van der Waals surface area contributed by atoms with Gasteiger partial charge in [0.25, 0.3) is 0 Å². The molecule has 0 N–H and O–H groups in total. The van der Waals surface area contributed by atoms with E-state index in [1.807, 2.05) is 0 Å². The Kier molecular flexibility index (Phi) is 2.54. The van der Waals surface area contributed by atoms with Crippen LogP contribution in [-0.4, -0.2) is 26.7 Å². The van der Waals surface area contributed by atoms with E-state index in [-0.39, 0.29) is 20.9 Å². The Hall–Kier alpha value is 0.460. The molecule has 2 heteroatoms. The van der Waals surface area contributed by atoms with Gasteiger partial charge in [0.1, 0.15) is 0 Å². The first-order chi connectivity index (χ1) is 5.38. The Morgan fingerprint density at radius 1 is 1.27 bits per heavy atom. The number of Topliss-reactive ketones (excluding diaryl/α,β-unsaturated/α-hetero) is 1. The van der Waals surface area contributed by atoms with E-state index in [4.69, 9.17) is 0 Å². The van der Waals surface area contributed by atoms with Gasteiger partial charge >= 0.3 is 78.0 Å². The van der Waals surface area contributed by atoms with Crippen molar-refractivity contribution < 1.29 is 4.79 Å². The van der Waals surface area contributed by atoms with Gasteiger partial charge in [-0.25, -0.2) is 0 Å². The molecule has 1 saturated carbocycles. The van der Waals surface area contributed by atoms with Crippen molar-refractivity contribution in [1.29, 1.82) is 0 Å². The Balaban J connectivity index is 2.05. The maximum absolute atomic E-state index is 11.4. The molecule has 2 aliphatic rings. The zero-order valence-electron chi connectivity index (χ0n) is 6.71. The fourth-order valence-corrected chi connectivity index (χ4v) is 6.37. The van der Waals surface area contributed by atoms with Crippen molar-refractivity contribution in [3.05, 3.63) is 0 Å². The van der Waals surface area contributed by atoms with Crippen LogP contribution in [-0.2, 0) is 4.79 Å². The van der Waals surface area contributed by atoms with Crippen molar-refractivity contribution in [1.82, 2.24) is 0 Å². The molecule has 2 atom stereocenters. The third-order valence-corrected chi connectivity index (χ3v) is 6.88. The molecule has 0 bridgehead atoms. The van der Waals surface area contributed by atoms with Crippen molar-refractivity contribution in [2.24, 2.45) is 5.92 Å². The van der Waals surface area contributed by atoms with E-state index in [1.54, 1.807) is 0 Å². The van der Waals surface area contributed by atoms with Crippen LogP contribution in [0.2, 0.25) is 8.43 Å². The molecule has 0 aromatic heterocycles. The van der Waals surface area contributed by atoms with Crippen LogP contribution in [0, 0.1) is 5.92 Å². The van der Waals surface area contributed by atoms with Crippen LogP contribution in [0.25, 0.3) is 0 Å². The fourth-order valence-electron chi connectivity index (χ4n) is 2.16. The first kappa shape index (κ1) is 8.08. The van der Waals surface area contributed by atoms with Gasteiger partial charge in [-0.2, -0.15) is 0 Å². The Labute approximate surface area is 78.0 Å². The second-order valence-electron chi connectivity index (χ2n) is 3.52. The molecule has 2 unspecified atom stereocenters. The Morgan fingerprint density at radius 2 is 2.09 bits per heavy atom. The van der Waals surface area contributed by atoms with Crippen molar-refractivity contribution in [3.8, 4) is 0 Å². The summed E-state index contributed by atoms with van der Waals surface area (Å²) < 4.78 is 2.21. The predicted molar refractivity (Wildman–Crippen MR) is 45.9 cm³/mol. The Morgan fingerprint density at radius 3 is 2.91 bits per heavy atom. The molecule has 0 aromatic rings. The van der Waals surface area contributed by atoms with Crippen LogP contribution in [0.4, 0.5) is 0 Å². The number of hydrogen-bond donors (Lipinski definition) is 0. The molecule has 2 rings (SSSR count). The number of ketones is 1. The third kappa shape index (κ3) is 1.63. The molecule has 1 aliphatic heterocycles. The summed E-state index contributed by atoms with van der Waals surface area (Å²) >= 11 is 0.237. The molecular weight excluding hydrogens is 252 g/mol. The minimum absolute atomic E-state index is 0.237. The summed E-state index contributed by atoms with van der Waals surface area (Å²) in [5.74, 6) is 1.14. The summed E-state index contributed by atoms with van der Waals surface area (Å²) in [4.78, 5) is 11.4. The van der Waals surface area contributed by atoms with E-state index in [1.165, 1.54) is 30.2 Å². The first-order valence-corrected chi connectivity index (χ1v) is 7.51. The van der Waals surface area contributed by atoms with E-state index < -0.39 is 0 Å². The van der Waals surface area contributed by atoms with E-state index in [2.05, 4.69) is 0 Å². The van der Waals surface area contributed by atoms with Crippen LogP contribution < -0.4 is 0 Å². The van der Waals surface area contributed by atoms with Crippen molar-refractivity contribution >= 4 is 26.7 Å². The second-order valence-corrected chi connectivity index (χ2v) is 7.36. The predicted octanol–water partition coefficient (Wildman–Crippen LogP) is 2.06. The number of hydrogen-bond acceptors (Lipinski definition) is 1. The van der Waals surface area contributed by atoms with Gasteiger partial charge in [-0.05, 0) is 0 Å². The molecular formula is C9H14OTe. The summed E-state index contributed by atoms with van der Waals surface area (Å²) in [6.07, 6.45) is 6.27. The summed E-state index contributed by atoms with van der Waals surface area (Å²) in [5, 5.41) is 0. The molecule has 0 spiro atoms. The summed E-state index contributed by atoms with van der Waals surface area (Å²) in [6, 6.07) is 0. The van der Waals surface area contributed by atoms with Crippen LogP contribution in [0.1, 0.15) is 32.1 Å². The molecule has 0 aromatic carbocycles. The van der Waals surface area contributed by atoms with Crippen LogP contribution in [0.5, 0.6) is 0 Å². The normalized spacial score (nSPS) is 38.4. The van der Waals surface area contributed by atoms with Gasteiger partial charge in [-0.1, -0.05) is 0 Å². The monoisotopic (exact) mass is 268 g/mol. The molecule has 1 saturated heterocycles. The van der Waals surface area contributed by atoms with Gasteiger partial charge in [0.05, 0.1) is 0 Å². The van der Waals surface area contributed by atoms with Crippen molar-refractivity contribution in [2.45, 2.75) is 40.5 Å². The average Bonchev–Trinajstić information content (AvgIpc) is 2.06. The molecule has 1 aliphatic carbocycles. The topological polar surface area (TPSA) is 17.1 Å². The quantitative estimate of drug-likeness (QED) is 0.613. The van der Waals surface area contributed by atoms with Gasteiger partial charge in [0.15, 0.2) is 0 Å². The molecule has 62 valence electrons. The zero-order chi connectivity index (χ0) is 7.68. The summed E-state index contributed by atoms with van der Waals surface area (Å²) in [5.41, 5.74) is 0. The van der Waals surface area contributed by atoms with Crippen LogP contribution in [0.3, 0.4) is 0 Å². The molecule has 11 heavy (non-hydrogen) atoms. The standard InChI is InChI=1S/C9H14OTe/c10-8-5-6-11-9-4-2-1-3-7(8)9/h7,9H,1-6H2. The first-order valence-electron chi connectivity index (χ1n) is 4.52. The van der Waals surface area contributed by atoms with Gasteiger partial charge in [-0.3, -0.25) is 0 Å². The van der Waals surface area contributed by atoms with Gasteiger partial charge in [0.2, 0.25) is 0 Å². The second kappa shape index (κ2) is 3.45. The summed E-state index contributed by atoms with van der Waals surface area (Å²) in [6.45, 7) is 0. The number of fused-ring (bicyclic) bond motifs is 1.